The Morgan fingerprint density at radius 1 is 1.43 bits per heavy atom. The molecule has 1 atom stereocenters. The van der Waals surface area contributed by atoms with Crippen LogP contribution in [0.15, 0.2) is 18.5 Å². The van der Waals surface area contributed by atoms with Crippen LogP contribution < -0.4 is 0 Å². The molecule has 5 heteroatoms. The third-order valence-corrected chi connectivity index (χ3v) is 4.88. The fourth-order valence-corrected chi connectivity index (χ4v) is 3.92. The summed E-state index contributed by atoms with van der Waals surface area (Å²) in [6, 6.07) is 1.74. The van der Waals surface area contributed by atoms with Crippen LogP contribution in [0.5, 0.6) is 0 Å². The number of likely N-dealkylation sites (tertiary alicyclic amines) is 2. The van der Waals surface area contributed by atoms with Gasteiger partial charge < -0.3 is 4.90 Å². The second-order valence-electron chi connectivity index (χ2n) is 6.14. The van der Waals surface area contributed by atoms with Crippen LogP contribution in [0.1, 0.15) is 38.2 Å². The molecule has 2 aliphatic rings. The topological polar surface area (TPSA) is 36.4 Å². The van der Waals surface area contributed by atoms with Gasteiger partial charge in [0.1, 0.15) is 5.82 Å². The number of piperidine rings is 1. The lowest BCUT2D eigenvalue weighted by molar-refractivity contribution is -0.132. The zero-order valence-corrected chi connectivity index (χ0v) is 12.5. The smallest absolute Gasteiger partial charge is 0.223 e. The molecule has 3 rings (SSSR count). The SMILES string of the molecule is CCN1C(=O)CCC12CCCN(Cc1ccncc1F)C2. The summed E-state index contributed by atoms with van der Waals surface area (Å²) >= 11 is 0. The summed E-state index contributed by atoms with van der Waals surface area (Å²) in [6.07, 6.45) is 6.64. The molecule has 1 aromatic rings. The molecule has 21 heavy (non-hydrogen) atoms. The van der Waals surface area contributed by atoms with Crippen LogP contribution in [-0.2, 0) is 11.3 Å². The van der Waals surface area contributed by atoms with E-state index in [1.165, 1.54) is 6.20 Å². The van der Waals surface area contributed by atoms with E-state index in [1.807, 2.05) is 11.8 Å². The maximum atomic E-state index is 13.8. The highest BCUT2D eigenvalue weighted by molar-refractivity contribution is 5.79. The van der Waals surface area contributed by atoms with Gasteiger partial charge in [-0.1, -0.05) is 0 Å². The molecule has 4 nitrogen and oxygen atoms in total. The monoisotopic (exact) mass is 291 g/mol. The fourth-order valence-electron chi connectivity index (χ4n) is 3.92. The molecule has 0 bridgehead atoms. The van der Waals surface area contributed by atoms with Crippen LogP contribution in [0.3, 0.4) is 0 Å². The van der Waals surface area contributed by atoms with Crippen molar-refractivity contribution in [1.29, 1.82) is 0 Å². The summed E-state index contributed by atoms with van der Waals surface area (Å²) in [7, 11) is 0. The van der Waals surface area contributed by atoms with E-state index in [0.717, 1.165) is 38.9 Å². The summed E-state index contributed by atoms with van der Waals surface area (Å²) < 4.78 is 13.8. The summed E-state index contributed by atoms with van der Waals surface area (Å²) in [5.41, 5.74) is 0.669. The Balaban J connectivity index is 1.74. The predicted molar refractivity (Wildman–Crippen MR) is 78.1 cm³/mol. The molecule has 2 saturated heterocycles. The maximum absolute atomic E-state index is 13.8. The average molecular weight is 291 g/mol. The van der Waals surface area contributed by atoms with Crippen molar-refractivity contribution in [3.63, 3.8) is 0 Å². The summed E-state index contributed by atoms with van der Waals surface area (Å²) in [6.45, 7) is 5.24. The van der Waals surface area contributed by atoms with E-state index in [-0.39, 0.29) is 17.3 Å². The molecule has 114 valence electrons. The van der Waals surface area contributed by atoms with Gasteiger partial charge in [0.2, 0.25) is 5.91 Å². The second-order valence-corrected chi connectivity index (χ2v) is 6.14. The number of hydrogen-bond donors (Lipinski definition) is 0. The Bertz CT molecular complexity index is 536. The van der Waals surface area contributed by atoms with Crippen LogP contribution in [0, 0.1) is 5.82 Å². The van der Waals surface area contributed by atoms with Gasteiger partial charge in [0.05, 0.1) is 11.7 Å². The van der Waals surface area contributed by atoms with Crippen LogP contribution >= 0.6 is 0 Å². The molecule has 2 fully saturated rings. The highest BCUT2D eigenvalue weighted by Gasteiger charge is 2.46. The van der Waals surface area contributed by atoms with Crippen LogP contribution in [0.4, 0.5) is 4.39 Å². The van der Waals surface area contributed by atoms with Gasteiger partial charge >= 0.3 is 0 Å². The Morgan fingerprint density at radius 2 is 2.29 bits per heavy atom. The highest BCUT2D eigenvalue weighted by atomic mass is 19.1. The van der Waals surface area contributed by atoms with Gasteiger partial charge in [0.15, 0.2) is 0 Å². The van der Waals surface area contributed by atoms with E-state index in [4.69, 9.17) is 0 Å². The first-order valence-electron chi connectivity index (χ1n) is 7.76. The van der Waals surface area contributed by atoms with Gasteiger partial charge in [0, 0.05) is 37.8 Å². The Hall–Kier alpha value is -1.49. The standard InChI is InChI=1S/C16H22FN3O/c1-2-20-15(21)4-7-16(20)6-3-9-19(12-16)11-13-5-8-18-10-14(13)17/h5,8,10H,2-4,6-7,9,11-12H2,1H3. The second kappa shape index (κ2) is 5.72. The number of carbonyl (C=O) groups excluding carboxylic acids is 1. The van der Waals surface area contributed by atoms with E-state index in [1.54, 1.807) is 12.3 Å². The molecule has 1 aromatic heterocycles. The Kier molecular flexibility index (Phi) is 3.93. The number of amides is 1. The predicted octanol–water partition coefficient (Wildman–Crippen LogP) is 2.20. The van der Waals surface area contributed by atoms with Crippen molar-refractivity contribution in [3.05, 3.63) is 29.8 Å². The first-order valence-corrected chi connectivity index (χ1v) is 7.76. The summed E-state index contributed by atoms with van der Waals surface area (Å²) in [4.78, 5) is 20.2. The van der Waals surface area contributed by atoms with Crippen molar-refractivity contribution in [1.82, 2.24) is 14.8 Å². The summed E-state index contributed by atoms with van der Waals surface area (Å²) in [5, 5.41) is 0. The molecule has 0 aliphatic carbocycles. The zero-order valence-electron chi connectivity index (χ0n) is 12.5. The van der Waals surface area contributed by atoms with E-state index >= 15 is 0 Å². The number of likely N-dealkylation sites (N-methyl/N-ethyl adjacent to an activating group) is 1. The van der Waals surface area contributed by atoms with E-state index in [0.29, 0.717) is 18.5 Å². The zero-order chi connectivity index (χ0) is 14.9. The van der Waals surface area contributed by atoms with Crippen molar-refractivity contribution in [3.8, 4) is 0 Å². The van der Waals surface area contributed by atoms with Crippen LogP contribution in [0.2, 0.25) is 0 Å². The fraction of sp³-hybridized carbons (Fsp3) is 0.625. The van der Waals surface area contributed by atoms with Crippen molar-refractivity contribution in [2.45, 2.75) is 44.7 Å². The quantitative estimate of drug-likeness (QED) is 0.856. The lowest BCUT2D eigenvalue weighted by Crippen LogP contribution is -2.56. The van der Waals surface area contributed by atoms with Gasteiger partial charge in [-0.25, -0.2) is 4.39 Å². The molecule has 2 aliphatic heterocycles. The number of nitrogens with zero attached hydrogens (tertiary/aromatic N) is 3. The van der Waals surface area contributed by atoms with Crippen molar-refractivity contribution in [2.24, 2.45) is 0 Å². The van der Waals surface area contributed by atoms with Crippen molar-refractivity contribution >= 4 is 5.91 Å². The normalized spacial score (nSPS) is 26.8. The van der Waals surface area contributed by atoms with Gasteiger partial charge in [-0.15, -0.1) is 0 Å². The number of hydrogen-bond acceptors (Lipinski definition) is 3. The van der Waals surface area contributed by atoms with E-state index < -0.39 is 0 Å². The molecule has 0 aromatic carbocycles. The first-order chi connectivity index (χ1) is 10.1. The largest absolute Gasteiger partial charge is 0.336 e. The molecule has 0 N–H and O–H groups in total. The molecule has 1 unspecified atom stereocenters. The molecule has 0 saturated carbocycles. The Labute approximate surface area is 125 Å². The van der Waals surface area contributed by atoms with Gasteiger partial charge in [-0.05, 0) is 38.8 Å². The van der Waals surface area contributed by atoms with Crippen molar-refractivity contribution in [2.75, 3.05) is 19.6 Å². The molecule has 1 spiro atoms. The third kappa shape index (κ3) is 2.67. The van der Waals surface area contributed by atoms with Crippen LogP contribution in [-0.4, -0.2) is 45.9 Å². The number of pyridine rings is 1. The van der Waals surface area contributed by atoms with Gasteiger partial charge in [-0.2, -0.15) is 0 Å². The minimum atomic E-state index is -0.244. The number of carbonyl (C=O) groups is 1. The lowest BCUT2D eigenvalue weighted by Gasteiger charge is -2.45. The van der Waals surface area contributed by atoms with Gasteiger partial charge in [-0.3, -0.25) is 14.7 Å². The average Bonchev–Trinajstić information content (AvgIpc) is 2.77. The molecule has 0 radical (unpaired) electrons. The van der Waals surface area contributed by atoms with Crippen molar-refractivity contribution < 1.29 is 9.18 Å². The maximum Gasteiger partial charge on any atom is 0.223 e. The highest BCUT2D eigenvalue weighted by Crippen LogP contribution is 2.38. The minimum absolute atomic E-state index is 0.0202. The molecule has 1 amide bonds. The van der Waals surface area contributed by atoms with E-state index in [9.17, 15) is 9.18 Å². The lowest BCUT2D eigenvalue weighted by atomic mass is 9.86. The molecular formula is C16H22FN3O. The molecule has 3 heterocycles. The molecular weight excluding hydrogens is 269 g/mol. The van der Waals surface area contributed by atoms with Gasteiger partial charge in [0.25, 0.3) is 0 Å². The number of halogens is 1. The summed E-state index contributed by atoms with van der Waals surface area (Å²) in [5.74, 6) is 0.0291. The van der Waals surface area contributed by atoms with Crippen LogP contribution in [0.25, 0.3) is 0 Å². The Morgan fingerprint density at radius 3 is 3.05 bits per heavy atom. The third-order valence-electron chi connectivity index (χ3n) is 4.88. The number of aromatic nitrogens is 1. The minimum Gasteiger partial charge on any atom is -0.336 e. The van der Waals surface area contributed by atoms with E-state index in [2.05, 4.69) is 9.88 Å². The first kappa shape index (κ1) is 14.4. The number of rotatable bonds is 3.